The van der Waals surface area contributed by atoms with Crippen molar-refractivity contribution >= 4 is 5.97 Å². The zero-order valence-corrected chi connectivity index (χ0v) is 43.9. The van der Waals surface area contributed by atoms with Crippen LogP contribution >= 0.6 is 0 Å². The van der Waals surface area contributed by atoms with E-state index >= 15 is 0 Å². The van der Waals surface area contributed by atoms with Gasteiger partial charge in [0, 0.05) is 13.0 Å². The van der Waals surface area contributed by atoms with E-state index in [4.69, 9.17) is 56.8 Å². The molecular weight excluding hydrogens is 857 g/mol. The van der Waals surface area contributed by atoms with Crippen molar-refractivity contribution in [2.45, 2.75) is 194 Å². The first-order chi connectivity index (χ1) is 33.3. The highest BCUT2D eigenvalue weighted by molar-refractivity contribution is 5.69. The van der Waals surface area contributed by atoms with E-state index in [9.17, 15) is 4.79 Å². The Morgan fingerprint density at radius 2 is 0.388 bits per heavy atom. The number of ether oxygens (including phenoxy) is 12. The van der Waals surface area contributed by atoms with Crippen LogP contribution in [0.4, 0.5) is 0 Å². The normalized spacial score (nSPS) is 11.6. The maximum absolute atomic E-state index is 11.9. The Balaban J connectivity index is 3.11. The fourth-order valence-corrected chi connectivity index (χ4v) is 7.27. The molecule has 0 fully saturated rings. The minimum Gasteiger partial charge on any atom is -0.463 e. The van der Waals surface area contributed by atoms with Gasteiger partial charge in [-0.05, 0) is 12.8 Å². The first-order valence-corrected chi connectivity index (χ1v) is 27.8. The van der Waals surface area contributed by atoms with Crippen LogP contribution in [0.1, 0.15) is 194 Å². The van der Waals surface area contributed by atoms with E-state index in [1.54, 1.807) is 0 Å². The van der Waals surface area contributed by atoms with Crippen LogP contribution in [-0.2, 0) is 61.6 Å². The molecule has 13 nitrogen and oxygen atoms in total. The Kier molecular flexibility index (Phi) is 62.1. The van der Waals surface area contributed by atoms with Gasteiger partial charge in [0.05, 0.1) is 139 Å². The highest BCUT2D eigenvalue weighted by atomic mass is 16.6. The molecule has 0 aliphatic heterocycles. The van der Waals surface area contributed by atoms with Gasteiger partial charge in [-0.3, -0.25) is 4.79 Å². The smallest absolute Gasteiger partial charge is 0.305 e. The van der Waals surface area contributed by atoms with Gasteiger partial charge in [0.15, 0.2) is 0 Å². The Bertz CT molecular complexity index is 887. The molecule has 0 spiro atoms. The lowest BCUT2D eigenvalue weighted by atomic mass is 10.0. The molecule has 67 heavy (non-hydrogen) atoms. The number of hydrogen-bond acceptors (Lipinski definition) is 13. The van der Waals surface area contributed by atoms with Crippen LogP contribution in [0, 0.1) is 0 Å². The molecule has 0 bridgehead atoms. The quantitative estimate of drug-likeness (QED) is 0.0424. The lowest BCUT2D eigenvalue weighted by Gasteiger charge is -2.09. The number of carbonyl (C=O) groups excluding carboxylic acids is 1. The summed E-state index contributed by atoms with van der Waals surface area (Å²) in [7, 11) is 0. The summed E-state index contributed by atoms with van der Waals surface area (Å²) in [6.07, 6.45) is 36.6. The van der Waals surface area contributed by atoms with Crippen LogP contribution in [0.2, 0.25) is 0 Å². The second-order valence-corrected chi connectivity index (χ2v) is 17.5. The van der Waals surface area contributed by atoms with Crippen molar-refractivity contribution in [1.29, 1.82) is 0 Å². The molecular formula is C54H108O13. The summed E-state index contributed by atoms with van der Waals surface area (Å²) < 4.78 is 66.3. The second kappa shape index (κ2) is 63.0. The van der Waals surface area contributed by atoms with Crippen LogP contribution in [0.3, 0.4) is 0 Å². The third-order valence-corrected chi connectivity index (χ3v) is 11.3. The summed E-state index contributed by atoms with van der Waals surface area (Å²) in [6, 6.07) is 0. The molecule has 0 aliphatic carbocycles. The molecule has 0 aromatic heterocycles. The molecule has 0 heterocycles. The highest BCUT2D eigenvalue weighted by Gasteiger charge is 2.03. The van der Waals surface area contributed by atoms with Gasteiger partial charge in [0.2, 0.25) is 0 Å². The van der Waals surface area contributed by atoms with Crippen LogP contribution in [-0.4, -0.2) is 158 Å². The molecule has 0 saturated carbocycles. The van der Waals surface area contributed by atoms with Crippen LogP contribution in [0.25, 0.3) is 0 Å². The van der Waals surface area contributed by atoms with Crippen LogP contribution in [0.5, 0.6) is 0 Å². The van der Waals surface area contributed by atoms with Crippen molar-refractivity contribution in [1.82, 2.24) is 0 Å². The standard InChI is InChI=1S/C54H108O13/c1-3-5-7-9-11-13-15-17-19-21-23-25-27-29-31-56-32-33-57-34-35-58-36-37-59-38-39-60-40-41-61-42-43-62-44-45-63-46-47-64-48-49-65-50-51-66-52-53-67-54(55)30-28-26-24-22-20-18-16-14-12-10-8-6-4-2/h3-53H2,1-2H3. The van der Waals surface area contributed by atoms with Gasteiger partial charge in [0.1, 0.15) is 6.61 Å². The van der Waals surface area contributed by atoms with Crippen molar-refractivity contribution in [3.8, 4) is 0 Å². The first kappa shape index (κ1) is 66.0. The lowest BCUT2D eigenvalue weighted by molar-refractivity contribution is -0.145. The highest BCUT2D eigenvalue weighted by Crippen LogP contribution is 2.14. The topological polar surface area (TPSA) is 128 Å². The predicted molar refractivity (Wildman–Crippen MR) is 271 cm³/mol. The average Bonchev–Trinajstić information content (AvgIpc) is 3.33. The monoisotopic (exact) mass is 965 g/mol. The summed E-state index contributed by atoms with van der Waals surface area (Å²) in [6.45, 7) is 16.5. The molecule has 0 saturated heterocycles. The fourth-order valence-electron chi connectivity index (χ4n) is 7.27. The molecule has 402 valence electrons. The third kappa shape index (κ3) is 63.0. The zero-order valence-electron chi connectivity index (χ0n) is 43.9. The van der Waals surface area contributed by atoms with Crippen molar-refractivity contribution in [3.05, 3.63) is 0 Å². The van der Waals surface area contributed by atoms with Crippen molar-refractivity contribution < 1.29 is 61.6 Å². The van der Waals surface area contributed by atoms with Gasteiger partial charge >= 0.3 is 5.97 Å². The van der Waals surface area contributed by atoms with E-state index in [1.807, 2.05) is 0 Å². The van der Waals surface area contributed by atoms with Crippen molar-refractivity contribution in [3.63, 3.8) is 0 Å². The Morgan fingerprint density at radius 1 is 0.209 bits per heavy atom. The molecule has 0 atom stereocenters. The van der Waals surface area contributed by atoms with E-state index < -0.39 is 0 Å². The minimum absolute atomic E-state index is 0.130. The molecule has 13 heteroatoms. The molecule has 0 aromatic carbocycles. The van der Waals surface area contributed by atoms with Gasteiger partial charge < -0.3 is 56.8 Å². The Hall–Kier alpha value is -0.970. The largest absolute Gasteiger partial charge is 0.463 e. The maximum Gasteiger partial charge on any atom is 0.305 e. The van der Waals surface area contributed by atoms with Gasteiger partial charge in [-0.1, -0.05) is 174 Å². The Labute approximate surface area is 412 Å². The van der Waals surface area contributed by atoms with Crippen molar-refractivity contribution in [2.75, 3.05) is 152 Å². The van der Waals surface area contributed by atoms with Crippen LogP contribution in [0.15, 0.2) is 0 Å². The maximum atomic E-state index is 11.9. The molecule has 0 rings (SSSR count). The van der Waals surface area contributed by atoms with E-state index in [0.29, 0.717) is 145 Å². The number of esters is 1. The predicted octanol–water partition coefficient (Wildman–Crippen LogP) is 11.7. The average molecular weight is 965 g/mol. The van der Waals surface area contributed by atoms with Gasteiger partial charge in [0.25, 0.3) is 0 Å². The number of rotatable bonds is 62. The molecule has 0 aliphatic rings. The minimum atomic E-state index is -0.130. The zero-order chi connectivity index (χ0) is 48.1. The summed E-state index contributed by atoms with van der Waals surface area (Å²) in [4.78, 5) is 11.9. The van der Waals surface area contributed by atoms with Gasteiger partial charge in [-0.15, -0.1) is 0 Å². The second-order valence-electron chi connectivity index (χ2n) is 17.5. The molecule has 0 radical (unpaired) electrons. The third-order valence-electron chi connectivity index (χ3n) is 11.3. The molecule has 0 unspecified atom stereocenters. The fraction of sp³-hybridized carbons (Fsp3) is 0.981. The van der Waals surface area contributed by atoms with E-state index in [1.165, 1.54) is 154 Å². The molecule has 0 amide bonds. The lowest BCUT2D eigenvalue weighted by Crippen LogP contribution is -2.15. The molecule has 0 aromatic rings. The van der Waals surface area contributed by atoms with Gasteiger partial charge in [-0.25, -0.2) is 0 Å². The van der Waals surface area contributed by atoms with Crippen molar-refractivity contribution in [2.24, 2.45) is 0 Å². The van der Waals surface area contributed by atoms with E-state index in [2.05, 4.69) is 13.8 Å². The Morgan fingerprint density at radius 3 is 0.627 bits per heavy atom. The van der Waals surface area contributed by atoms with E-state index in [-0.39, 0.29) is 12.6 Å². The summed E-state index contributed by atoms with van der Waals surface area (Å²) >= 11 is 0. The summed E-state index contributed by atoms with van der Waals surface area (Å²) in [5.41, 5.74) is 0. The number of carbonyl (C=O) groups is 1. The SMILES string of the molecule is CCCCCCCCCCCCCCCCOCCOCCOCCOCCOCCOCCOCCOCCOCCOCCOCCOC(=O)CCCCCCCCCCCCCCC. The van der Waals surface area contributed by atoms with Gasteiger partial charge in [-0.2, -0.15) is 0 Å². The molecule has 0 N–H and O–H groups in total. The summed E-state index contributed by atoms with van der Waals surface area (Å²) in [5.74, 6) is -0.130. The summed E-state index contributed by atoms with van der Waals surface area (Å²) in [5, 5.41) is 0. The first-order valence-electron chi connectivity index (χ1n) is 27.8. The van der Waals surface area contributed by atoms with E-state index in [0.717, 1.165) is 25.9 Å². The van der Waals surface area contributed by atoms with Crippen LogP contribution < -0.4 is 0 Å². The number of unbranched alkanes of at least 4 members (excludes halogenated alkanes) is 25. The number of hydrogen-bond donors (Lipinski definition) is 0.